The molecule has 0 bridgehead atoms. The van der Waals surface area contributed by atoms with Crippen molar-refractivity contribution in [3.05, 3.63) is 41.5 Å². The molecular formula is C15H21NO4S. The van der Waals surface area contributed by atoms with E-state index in [2.05, 4.69) is 4.72 Å². The van der Waals surface area contributed by atoms with Gasteiger partial charge >= 0.3 is 0 Å². The van der Waals surface area contributed by atoms with E-state index in [1.807, 2.05) is 19.9 Å². The third kappa shape index (κ3) is 4.64. The first kappa shape index (κ1) is 16.2. The zero-order valence-corrected chi connectivity index (χ0v) is 13.2. The van der Waals surface area contributed by atoms with E-state index in [0.717, 1.165) is 11.1 Å². The van der Waals surface area contributed by atoms with Crippen molar-refractivity contribution in [2.45, 2.75) is 31.5 Å². The molecule has 0 amide bonds. The van der Waals surface area contributed by atoms with Crippen LogP contribution >= 0.6 is 0 Å². The lowest BCUT2D eigenvalue weighted by atomic mass is 10.2. The van der Waals surface area contributed by atoms with Crippen LogP contribution in [-0.2, 0) is 19.5 Å². The molecule has 1 aromatic carbocycles. The predicted octanol–water partition coefficient (Wildman–Crippen LogP) is 1.98. The lowest BCUT2D eigenvalue weighted by molar-refractivity contribution is -0.106. The Morgan fingerprint density at radius 1 is 1.38 bits per heavy atom. The van der Waals surface area contributed by atoms with Gasteiger partial charge in [0.15, 0.2) is 6.29 Å². The van der Waals surface area contributed by atoms with Gasteiger partial charge in [-0.25, -0.2) is 13.1 Å². The molecule has 1 saturated heterocycles. The summed E-state index contributed by atoms with van der Waals surface area (Å²) < 4.78 is 37.5. The second-order valence-corrected chi connectivity index (χ2v) is 6.69. The van der Waals surface area contributed by atoms with Crippen LogP contribution < -0.4 is 4.72 Å². The molecule has 5 nitrogen and oxygen atoms in total. The van der Waals surface area contributed by atoms with Crippen molar-refractivity contribution >= 4 is 10.0 Å². The molecule has 0 aromatic heterocycles. The van der Waals surface area contributed by atoms with Crippen molar-refractivity contribution in [3.8, 4) is 0 Å². The van der Waals surface area contributed by atoms with Crippen molar-refractivity contribution in [2.75, 3.05) is 19.8 Å². The van der Waals surface area contributed by atoms with E-state index >= 15 is 0 Å². The van der Waals surface area contributed by atoms with Crippen LogP contribution in [0.25, 0.3) is 0 Å². The highest BCUT2D eigenvalue weighted by Gasteiger charge is 2.20. The van der Waals surface area contributed by atoms with Gasteiger partial charge in [-0.1, -0.05) is 23.8 Å². The summed E-state index contributed by atoms with van der Waals surface area (Å²) in [5.74, 6) is 0. The number of rotatable bonds is 6. The largest absolute Gasteiger partial charge is 0.353 e. The molecule has 6 heteroatoms. The Hall–Kier alpha value is -1.21. The third-order valence-corrected chi connectivity index (χ3v) is 4.67. The summed E-state index contributed by atoms with van der Waals surface area (Å²) in [5, 5.41) is 0. The highest BCUT2D eigenvalue weighted by Crippen LogP contribution is 2.19. The molecule has 0 aliphatic carbocycles. The molecular weight excluding hydrogens is 290 g/mol. The summed E-state index contributed by atoms with van der Waals surface area (Å²) in [7, 11) is -3.46. The average Bonchev–Trinajstić information content (AvgIpc) is 2.87. The molecule has 1 fully saturated rings. The Labute approximate surface area is 126 Å². The normalized spacial score (nSPS) is 21.0. The highest BCUT2D eigenvalue weighted by atomic mass is 32.2. The minimum absolute atomic E-state index is 0.199. The fourth-order valence-corrected chi connectivity index (χ4v) is 3.03. The molecule has 0 spiro atoms. The zero-order valence-electron chi connectivity index (χ0n) is 12.3. The summed E-state index contributed by atoms with van der Waals surface area (Å²) in [6.07, 6.45) is 2.35. The first-order valence-electron chi connectivity index (χ1n) is 6.98. The van der Waals surface area contributed by atoms with E-state index in [-0.39, 0.29) is 17.7 Å². The van der Waals surface area contributed by atoms with Gasteiger partial charge in [-0.2, -0.15) is 0 Å². The monoisotopic (exact) mass is 311 g/mol. The molecule has 21 heavy (non-hydrogen) atoms. The fourth-order valence-electron chi connectivity index (χ4n) is 2.06. The van der Waals surface area contributed by atoms with Gasteiger partial charge in [-0.3, -0.25) is 0 Å². The number of benzene rings is 1. The van der Waals surface area contributed by atoms with Gasteiger partial charge in [-0.05, 0) is 31.6 Å². The van der Waals surface area contributed by atoms with Crippen LogP contribution in [0.3, 0.4) is 0 Å². The maximum absolute atomic E-state index is 12.1. The van der Waals surface area contributed by atoms with Gasteiger partial charge in [0.2, 0.25) is 10.0 Å². The first-order valence-corrected chi connectivity index (χ1v) is 8.47. The van der Waals surface area contributed by atoms with Crippen LogP contribution in [-0.4, -0.2) is 34.5 Å². The van der Waals surface area contributed by atoms with Gasteiger partial charge in [0.25, 0.3) is 0 Å². The lowest BCUT2D eigenvalue weighted by Crippen LogP contribution is -2.24. The minimum atomic E-state index is -3.46. The molecule has 2 rings (SSSR count). The number of sulfonamides is 1. The summed E-state index contributed by atoms with van der Waals surface area (Å²) in [6.45, 7) is 5.20. The highest BCUT2D eigenvalue weighted by molar-refractivity contribution is 7.89. The van der Waals surface area contributed by atoms with Crippen LogP contribution in [0.5, 0.6) is 0 Å². The molecule has 1 unspecified atom stereocenters. The second kappa shape index (κ2) is 7.17. The van der Waals surface area contributed by atoms with Gasteiger partial charge in [0, 0.05) is 19.6 Å². The van der Waals surface area contributed by atoms with E-state index in [1.165, 1.54) is 0 Å². The minimum Gasteiger partial charge on any atom is -0.353 e. The first-order chi connectivity index (χ1) is 10.0. The Balaban J connectivity index is 1.89. The third-order valence-electron chi connectivity index (χ3n) is 3.23. The molecule has 0 saturated carbocycles. The number of hydrogen-bond donors (Lipinski definition) is 1. The van der Waals surface area contributed by atoms with E-state index in [0.29, 0.717) is 19.6 Å². The smallest absolute Gasteiger partial charge is 0.240 e. The van der Waals surface area contributed by atoms with E-state index < -0.39 is 10.0 Å². The molecule has 1 N–H and O–H groups in total. The Bertz CT molecular complexity index is 593. The van der Waals surface area contributed by atoms with Crippen molar-refractivity contribution in [2.24, 2.45) is 0 Å². The van der Waals surface area contributed by atoms with Crippen LogP contribution in [0.1, 0.15) is 18.9 Å². The van der Waals surface area contributed by atoms with E-state index in [4.69, 9.17) is 9.47 Å². The average molecular weight is 311 g/mol. The summed E-state index contributed by atoms with van der Waals surface area (Å²) >= 11 is 0. The Morgan fingerprint density at radius 2 is 2.10 bits per heavy atom. The van der Waals surface area contributed by atoms with Gasteiger partial charge in [0.1, 0.15) is 0 Å². The van der Waals surface area contributed by atoms with Crippen molar-refractivity contribution in [1.29, 1.82) is 0 Å². The van der Waals surface area contributed by atoms with Crippen molar-refractivity contribution in [1.82, 2.24) is 4.72 Å². The lowest BCUT2D eigenvalue weighted by Gasteiger charge is -2.07. The number of nitrogens with one attached hydrogen (secondary N) is 1. The van der Waals surface area contributed by atoms with E-state index in [1.54, 1.807) is 24.3 Å². The Morgan fingerprint density at radius 3 is 2.76 bits per heavy atom. The molecule has 1 aliphatic rings. The van der Waals surface area contributed by atoms with Crippen LogP contribution in [0.4, 0.5) is 0 Å². The standard InChI is InChI=1S/C15H21NO4S/c1-3-19-15-10-13(11-20-15)8-9-16-21(17,18)14-6-4-12(2)5-7-14/h4-8,15-16H,3,9-11H2,1-2H3/b13-8+. The topological polar surface area (TPSA) is 64.6 Å². The summed E-state index contributed by atoms with van der Waals surface area (Å²) in [5.41, 5.74) is 2.08. The second-order valence-electron chi connectivity index (χ2n) is 4.93. The van der Waals surface area contributed by atoms with E-state index in [9.17, 15) is 8.42 Å². The predicted molar refractivity (Wildman–Crippen MR) is 80.4 cm³/mol. The number of aryl methyl sites for hydroxylation is 1. The van der Waals surface area contributed by atoms with Crippen LogP contribution in [0.2, 0.25) is 0 Å². The Kier molecular flexibility index (Phi) is 5.52. The molecule has 116 valence electrons. The van der Waals surface area contributed by atoms with Gasteiger partial charge in [-0.15, -0.1) is 0 Å². The fraction of sp³-hybridized carbons (Fsp3) is 0.467. The van der Waals surface area contributed by atoms with Crippen LogP contribution in [0, 0.1) is 6.92 Å². The van der Waals surface area contributed by atoms with Crippen molar-refractivity contribution < 1.29 is 17.9 Å². The SMILES string of the molecule is CCOC1C/C(=C\CNS(=O)(=O)c2ccc(C)cc2)CO1. The maximum Gasteiger partial charge on any atom is 0.240 e. The summed E-state index contributed by atoms with van der Waals surface area (Å²) in [6, 6.07) is 6.78. The quantitative estimate of drug-likeness (QED) is 0.816. The maximum atomic E-state index is 12.1. The molecule has 1 aliphatic heterocycles. The van der Waals surface area contributed by atoms with Crippen molar-refractivity contribution in [3.63, 3.8) is 0 Å². The molecule has 1 heterocycles. The number of ether oxygens (including phenoxy) is 2. The van der Waals surface area contributed by atoms with Gasteiger partial charge in [0.05, 0.1) is 11.5 Å². The van der Waals surface area contributed by atoms with Crippen LogP contribution in [0.15, 0.2) is 40.8 Å². The summed E-state index contributed by atoms with van der Waals surface area (Å²) in [4.78, 5) is 0.279. The molecule has 1 atom stereocenters. The molecule has 1 aromatic rings. The zero-order chi connectivity index (χ0) is 15.3. The number of hydrogen-bond acceptors (Lipinski definition) is 4. The van der Waals surface area contributed by atoms with Gasteiger partial charge < -0.3 is 9.47 Å². The molecule has 0 radical (unpaired) electrons.